The third kappa shape index (κ3) is 4.94. The maximum atomic E-state index is 13.2. The summed E-state index contributed by atoms with van der Waals surface area (Å²) in [6, 6.07) is 16.2. The number of carbonyl (C=O) groups is 1. The Morgan fingerprint density at radius 2 is 1.88 bits per heavy atom. The molecule has 7 nitrogen and oxygen atoms in total. The summed E-state index contributed by atoms with van der Waals surface area (Å²) in [4.78, 5) is 34.2. The third-order valence-electron chi connectivity index (χ3n) is 4.65. The number of nitrogens with zero attached hydrogens (tertiary/aromatic N) is 3. The summed E-state index contributed by atoms with van der Waals surface area (Å²) in [5, 5.41) is 3.49. The second-order valence-electron chi connectivity index (χ2n) is 6.85. The number of methoxy groups -OCH3 is 1. The molecule has 0 saturated heterocycles. The first kappa shape index (κ1) is 21.5. The van der Waals surface area contributed by atoms with Crippen molar-refractivity contribution in [1.82, 2.24) is 14.5 Å². The van der Waals surface area contributed by atoms with Gasteiger partial charge in [0.2, 0.25) is 5.91 Å². The molecule has 0 fully saturated rings. The average Bonchev–Trinajstić information content (AvgIpc) is 2.82. The van der Waals surface area contributed by atoms with Crippen LogP contribution in [0.5, 0.6) is 5.75 Å². The number of rotatable bonds is 7. The summed E-state index contributed by atoms with van der Waals surface area (Å²) in [7, 11) is 1.59. The standard InChI is InChI=1S/C23H19FN4O3S/c1-31-18-10-4-15(5-11-18)13-28-22(30)19-3-2-12-25-21(19)27-23(28)32-14-20(29)26-17-8-6-16(24)7-9-17/h2-12H,13-14H2,1H3,(H,26,29). The monoisotopic (exact) mass is 450 g/mol. The van der Waals surface area contributed by atoms with Crippen LogP contribution in [-0.4, -0.2) is 33.3 Å². The summed E-state index contributed by atoms with van der Waals surface area (Å²) in [6.07, 6.45) is 1.57. The van der Waals surface area contributed by atoms with E-state index in [4.69, 9.17) is 4.74 Å². The van der Waals surface area contributed by atoms with Crippen molar-refractivity contribution in [2.45, 2.75) is 11.7 Å². The van der Waals surface area contributed by atoms with E-state index >= 15 is 0 Å². The zero-order valence-electron chi connectivity index (χ0n) is 17.1. The second-order valence-corrected chi connectivity index (χ2v) is 7.79. The van der Waals surface area contributed by atoms with E-state index in [-0.39, 0.29) is 29.6 Å². The number of hydrogen-bond acceptors (Lipinski definition) is 6. The molecule has 0 radical (unpaired) electrons. The predicted octanol–water partition coefficient (Wildman–Crippen LogP) is 3.72. The number of nitrogens with one attached hydrogen (secondary N) is 1. The Labute approximate surface area is 187 Å². The van der Waals surface area contributed by atoms with Gasteiger partial charge in [-0.3, -0.25) is 14.2 Å². The Balaban J connectivity index is 1.59. The molecular weight excluding hydrogens is 431 g/mol. The van der Waals surface area contributed by atoms with Crippen molar-refractivity contribution < 1.29 is 13.9 Å². The van der Waals surface area contributed by atoms with E-state index < -0.39 is 0 Å². The summed E-state index contributed by atoms with van der Waals surface area (Å²) in [5.41, 5.74) is 1.46. The highest BCUT2D eigenvalue weighted by Gasteiger charge is 2.15. The molecule has 0 saturated carbocycles. The molecule has 0 aliphatic rings. The maximum absolute atomic E-state index is 13.2. The van der Waals surface area contributed by atoms with E-state index in [9.17, 15) is 14.0 Å². The van der Waals surface area contributed by atoms with E-state index in [0.29, 0.717) is 27.6 Å². The smallest absolute Gasteiger partial charge is 0.263 e. The van der Waals surface area contributed by atoms with Gasteiger partial charge in [-0.1, -0.05) is 23.9 Å². The third-order valence-corrected chi connectivity index (χ3v) is 5.63. The fraction of sp³-hybridized carbons (Fsp3) is 0.130. The van der Waals surface area contributed by atoms with Crippen LogP contribution >= 0.6 is 11.8 Å². The number of anilines is 1. The molecule has 1 N–H and O–H groups in total. The molecule has 0 aliphatic heterocycles. The number of halogens is 1. The molecule has 0 spiro atoms. The maximum Gasteiger partial charge on any atom is 0.263 e. The lowest BCUT2D eigenvalue weighted by atomic mass is 10.2. The molecule has 1 amide bonds. The highest BCUT2D eigenvalue weighted by atomic mass is 32.2. The minimum Gasteiger partial charge on any atom is -0.497 e. The van der Waals surface area contributed by atoms with Crippen LogP contribution in [0.3, 0.4) is 0 Å². The largest absolute Gasteiger partial charge is 0.497 e. The number of carbonyl (C=O) groups excluding carboxylic acids is 1. The number of fused-ring (bicyclic) bond motifs is 1. The molecule has 0 atom stereocenters. The van der Waals surface area contributed by atoms with Gasteiger partial charge in [0, 0.05) is 11.9 Å². The SMILES string of the molecule is COc1ccc(Cn2c(SCC(=O)Nc3ccc(F)cc3)nc3ncccc3c2=O)cc1. The molecule has 4 rings (SSSR count). The van der Waals surface area contributed by atoms with Gasteiger partial charge in [0.1, 0.15) is 11.6 Å². The molecule has 2 aromatic carbocycles. The van der Waals surface area contributed by atoms with Crippen molar-refractivity contribution in [2.24, 2.45) is 0 Å². The minimum absolute atomic E-state index is 0.0186. The normalized spacial score (nSPS) is 10.8. The van der Waals surface area contributed by atoms with Crippen molar-refractivity contribution in [3.63, 3.8) is 0 Å². The fourth-order valence-corrected chi connectivity index (χ4v) is 3.85. The van der Waals surface area contributed by atoms with Crippen LogP contribution in [-0.2, 0) is 11.3 Å². The zero-order valence-corrected chi connectivity index (χ0v) is 17.9. The number of pyridine rings is 1. The highest BCUT2D eigenvalue weighted by Crippen LogP contribution is 2.20. The Morgan fingerprint density at radius 1 is 1.12 bits per heavy atom. The number of ether oxygens (including phenoxy) is 1. The Bertz CT molecular complexity index is 1310. The number of benzene rings is 2. The molecule has 0 unspecified atom stereocenters. The molecule has 0 bridgehead atoms. The summed E-state index contributed by atoms with van der Waals surface area (Å²) in [5.74, 6) is 0.0554. The minimum atomic E-state index is -0.382. The number of aromatic nitrogens is 3. The van der Waals surface area contributed by atoms with Crippen molar-refractivity contribution in [3.8, 4) is 5.75 Å². The Kier molecular flexibility index (Phi) is 6.46. The Morgan fingerprint density at radius 3 is 2.59 bits per heavy atom. The van der Waals surface area contributed by atoms with Gasteiger partial charge in [0.05, 0.1) is 24.8 Å². The fourth-order valence-electron chi connectivity index (χ4n) is 3.06. The molecule has 4 aromatic rings. The van der Waals surface area contributed by atoms with Crippen LogP contribution in [0.4, 0.5) is 10.1 Å². The number of hydrogen-bond donors (Lipinski definition) is 1. The summed E-state index contributed by atoms with van der Waals surface area (Å²) in [6.45, 7) is 0.280. The van der Waals surface area contributed by atoms with Crippen molar-refractivity contribution >= 4 is 34.4 Å². The molecule has 9 heteroatoms. The van der Waals surface area contributed by atoms with Crippen molar-refractivity contribution in [3.05, 3.63) is 88.6 Å². The summed E-state index contributed by atoms with van der Waals surface area (Å²) < 4.78 is 19.8. The van der Waals surface area contributed by atoms with Gasteiger partial charge < -0.3 is 10.1 Å². The zero-order chi connectivity index (χ0) is 22.5. The van der Waals surface area contributed by atoms with Gasteiger partial charge in [-0.05, 0) is 54.1 Å². The lowest BCUT2D eigenvalue weighted by Gasteiger charge is -2.13. The van der Waals surface area contributed by atoms with Gasteiger partial charge in [-0.2, -0.15) is 0 Å². The first-order valence-electron chi connectivity index (χ1n) is 9.70. The van der Waals surface area contributed by atoms with Crippen molar-refractivity contribution in [2.75, 3.05) is 18.2 Å². The lowest BCUT2D eigenvalue weighted by molar-refractivity contribution is -0.113. The van der Waals surface area contributed by atoms with Crippen LogP contribution in [0.15, 0.2) is 76.8 Å². The van der Waals surface area contributed by atoms with Crippen LogP contribution in [0.2, 0.25) is 0 Å². The quantitative estimate of drug-likeness (QED) is 0.341. The highest BCUT2D eigenvalue weighted by molar-refractivity contribution is 7.99. The topological polar surface area (TPSA) is 86.1 Å². The van der Waals surface area contributed by atoms with E-state index in [1.807, 2.05) is 24.3 Å². The molecule has 162 valence electrons. The van der Waals surface area contributed by atoms with E-state index in [1.54, 1.807) is 25.4 Å². The second kappa shape index (κ2) is 9.61. The first-order valence-corrected chi connectivity index (χ1v) is 10.7. The molecular formula is C23H19FN4O3S. The Hall–Kier alpha value is -3.72. The van der Waals surface area contributed by atoms with E-state index in [1.165, 1.54) is 28.8 Å². The van der Waals surface area contributed by atoms with Crippen molar-refractivity contribution in [1.29, 1.82) is 0 Å². The van der Waals surface area contributed by atoms with E-state index in [2.05, 4.69) is 15.3 Å². The number of amides is 1. The van der Waals surface area contributed by atoms with Gasteiger partial charge in [-0.15, -0.1) is 0 Å². The van der Waals surface area contributed by atoms with Gasteiger partial charge in [0.25, 0.3) is 5.56 Å². The molecule has 0 aliphatic carbocycles. The average molecular weight is 450 g/mol. The molecule has 2 aromatic heterocycles. The van der Waals surface area contributed by atoms with Gasteiger partial charge >= 0.3 is 0 Å². The lowest BCUT2D eigenvalue weighted by Crippen LogP contribution is -2.25. The predicted molar refractivity (Wildman–Crippen MR) is 122 cm³/mol. The van der Waals surface area contributed by atoms with Crippen LogP contribution in [0, 0.1) is 5.82 Å². The molecule has 2 heterocycles. The van der Waals surface area contributed by atoms with Crippen LogP contribution < -0.4 is 15.6 Å². The van der Waals surface area contributed by atoms with Crippen LogP contribution in [0.1, 0.15) is 5.56 Å². The number of thioether (sulfide) groups is 1. The van der Waals surface area contributed by atoms with E-state index in [0.717, 1.165) is 17.3 Å². The van der Waals surface area contributed by atoms with Gasteiger partial charge in [0.15, 0.2) is 10.8 Å². The summed E-state index contributed by atoms with van der Waals surface area (Å²) >= 11 is 1.13. The molecule has 32 heavy (non-hydrogen) atoms. The van der Waals surface area contributed by atoms with Gasteiger partial charge in [-0.25, -0.2) is 14.4 Å². The van der Waals surface area contributed by atoms with Crippen LogP contribution in [0.25, 0.3) is 11.0 Å². The first-order chi connectivity index (χ1) is 15.5.